The lowest BCUT2D eigenvalue weighted by Gasteiger charge is -2.20. The van der Waals surface area contributed by atoms with Crippen LogP contribution in [0.1, 0.15) is 10.4 Å². The van der Waals surface area contributed by atoms with Crippen molar-refractivity contribution < 1.29 is 14.3 Å². The number of anilines is 2. The van der Waals surface area contributed by atoms with Crippen molar-refractivity contribution in [3.05, 3.63) is 52.4 Å². The van der Waals surface area contributed by atoms with Crippen molar-refractivity contribution in [2.75, 3.05) is 11.9 Å². The Balaban J connectivity index is 2.49. The number of rotatable bonds is 3. The minimum atomic E-state index is -1.09. The average Bonchev–Trinajstić information content (AvgIpc) is 2.37. The van der Waals surface area contributed by atoms with E-state index in [-0.39, 0.29) is 11.4 Å². The summed E-state index contributed by atoms with van der Waals surface area (Å²) in [5, 5.41) is 9.18. The highest BCUT2D eigenvalue weighted by Crippen LogP contribution is 2.27. The van der Waals surface area contributed by atoms with Crippen molar-refractivity contribution in [2.45, 2.75) is 0 Å². The van der Waals surface area contributed by atoms with Gasteiger partial charge < -0.3 is 10.0 Å². The van der Waals surface area contributed by atoms with Gasteiger partial charge >= 0.3 is 5.97 Å². The molecule has 1 aromatic heterocycles. The topological polar surface area (TPSA) is 53.4 Å². The molecule has 2 aromatic rings. The summed E-state index contributed by atoms with van der Waals surface area (Å²) in [4.78, 5) is 16.8. The van der Waals surface area contributed by atoms with Crippen molar-refractivity contribution >= 4 is 33.4 Å². The third kappa shape index (κ3) is 2.90. The van der Waals surface area contributed by atoms with E-state index >= 15 is 0 Å². The van der Waals surface area contributed by atoms with Gasteiger partial charge in [0, 0.05) is 23.4 Å². The van der Waals surface area contributed by atoms with Crippen LogP contribution < -0.4 is 4.90 Å². The number of pyridine rings is 1. The third-order valence-corrected chi connectivity index (χ3v) is 3.01. The first-order chi connectivity index (χ1) is 8.99. The lowest BCUT2D eigenvalue weighted by molar-refractivity contribution is 0.0697. The maximum absolute atomic E-state index is 13.2. The van der Waals surface area contributed by atoms with Gasteiger partial charge in [-0.1, -0.05) is 6.07 Å². The zero-order valence-electron chi connectivity index (χ0n) is 9.97. The number of aromatic carboxylic acids is 1. The number of aromatic nitrogens is 1. The summed E-state index contributed by atoms with van der Waals surface area (Å²) < 4.78 is 13.8. The Morgan fingerprint density at radius 1 is 1.42 bits per heavy atom. The van der Waals surface area contributed by atoms with Crippen LogP contribution in [0, 0.1) is 5.82 Å². The zero-order valence-corrected chi connectivity index (χ0v) is 11.6. The molecule has 0 bridgehead atoms. The van der Waals surface area contributed by atoms with Gasteiger partial charge in [0.25, 0.3) is 0 Å². The number of carbonyl (C=O) groups is 1. The molecule has 0 aliphatic rings. The van der Waals surface area contributed by atoms with Gasteiger partial charge in [0.1, 0.15) is 17.2 Å². The largest absolute Gasteiger partial charge is 0.478 e. The molecule has 0 saturated carbocycles. The molecule has 1 N–H and O–H groups in total. The van der Waals surface area contributed by atoms with E-state index in [1.54, 1.807) is 19.2 Å². The second kappa shape index (κ2) is 5.36. The molecule has 0 radical (unpaired) electrons. The van der Waals surface area contributed by atoms with Gasteiger partial charge in [0.05, 0.1) is 0 Å². The van der Waals surface area contributed by atoms with Crippen LogP contribution in [0.25, 0.3) is 0 Å². The fourth-order valence-corrected chi connectivity index (χ4v) is 2.00. The van der Waals surface area contributed by atoms with E-state index < -0.39 is 11.8 Å². The second-order valence-corrected chi connectivity index (χ2v) is 4.78. The Labute approximate surface area is 117 Å². The number of benzene rings is 1. The Bertz CT molecular complexity index is 634. The van der Waals surface area contributed by atoms with Crippen molar-refractivity contribution in [3.8, 4) is 0 Å². The summed E-state index contributed by atoms with van der Waals surface area (Å²) in [5.41, 5.74) is 0.568. The normalized spacial score (nSPS) is 10.3. The molecular weight excluding hydrogens is 315 g/mol. The van der Waals surface area contributed by atoms with Crippen LogP contribution in [0.5, 0.6) is 0 Å². The molecule has 1 aromatic carbocycles. The molecule has 0 fully saturated rings. The smallest absolute Gasteiger partial charge is 0.339 e. The maximum atomic E-state index is 13.2. The molecule has 0 aliphatic heterocycles. The molecule has 0 atom stereocenters. The molecule has 4 nitrogen and oxygen atoms in total. The maximum Gasteiger partial charge on any atom is 0.339 e. The SMILES string of the molecule is CN(c1cccc(F)c1)c1ncc(Br)cc1C(=O)O. The summed E-state index contributed by atoms with van der Waals surface area (Å²) in [5.74, 6) is -1.23. The van der Waals surface area contributed by atoms with Gasteiger partial charge in [0.2, 0.25) is 0 Å². The molecule has 1 heterocycles. The third-order valence-electron chi connectivity index (χ3n) is 2.58. The lowest BCUT2D eigenvalue weighted by Crippen LogP contribution is -2.16. The van der Waals surface area contributed by atoms with Crippen molar-refractivity contribution in [2.24, 2.45) is 0 Å². The number of nitrogens with zero attached hydrogens (tertiary/aromatic N) is 2. The van der Waals surface area contributed by atoms with E-state index in [4.69, 9.17) is 0 Å². The standard InChI is InChI=1S/C13H10BrFN2O2/c1-17(10-4-2-3-9(15)6-10)12-11(13(18)19)5-8(14)7-16-12/h2-7H,1H3,(H,18,19). The number of halogens is 2. The van der Waals surface area contributed by atoms with Crippen molar-refractivity contribution in [3.63, 3.8) is 0 Å². The van der Waals surface area contributed by atoms with E-state index in [0.717, 1.165) is 0 Å². The van der Waals surface area contributed by atoms with Gasteiger partial charge in [-0.2, -0.15) is 0 Å². The van der Waals surface area contributed by atoms with E-state index in [0.29, 0.717) is 10.2 Å². The fourth-order valence-electron chi connectivity index (χ4n) is 1.66. The van der Waals surface area contributed by atoms with Crippen LogP contribution in [-0.4, -0.2) is 23.1 Å². The second-order valence-electron chi connectivity index (χ2n) is 3.87. The van der Waals surface area contributed by atoms with Gasteiger partial charge in [-0.25, -0.2) is 14.2 Å². The summed E-state index contributed by atoms with van der Waals surface area (Å²) in [6.07, 6.45) is 1.50. The van der Waals surface area contributed by atoms with E-state index in [9.17, 15) is 14.3 Å². The first-order valence-corrected chi connectivity index (χ1v) is 6.16. The Morgan fingerprint density at radius 3 is 2.79 bits per heavy atom. The summed E-state index contributed by atoms with van der Waals surface area (Å²) >= 11 is 3.18. The van der Waals surface area contributed by atoms with Crippen LogP contribution >= 0.6 is 15.9 Å². The predicted molar refractivity (Wildman–Crippen MR) is 73.4 cm³/mol. The van der Waals surface area contributed by atoms with Crippen molar-refractivity contribution in [1.82, 2.24) is 4.98 Å². The lowest BCUT2D eigenvalue weighted by atomic mass is 10.2. The zero-order chi connectivity index (χ0) is 14.0. The Morgan fingerprint density at radius 2 is 2.16 bits per heavy atom. The molecular formula is C13H10BrFN2O2. The number of carboxylic acid groups (broad SMARTS) is 1. The average molecular weight is 325 g/mol. The first kappa shape index (κ1) is 13.5. The highest BCUT2D eigenvalue weighted by molar-refractivity contribution is 9.10. The van der Waals surface area contributed by atoms with E-state index in [1.165, 1.54) is 29.3 Å². The van der Waals surface area contributed by atoms with Gasteiger partial charge in [0.15, 0.2) is 0 Å². The van der Waals surface area contributed by atoms with Crippen LogP contribution in [-0.2, 0) is 0 Å². The molecule has 98 valence electrons. The summed E-state index contributed by atoms with van der Waals surface area (Å²) in [7, 11) is 1.64. The molecule has 6 heteroatoms. The number of hydrogen-bond acceptors (Lipinski definition) is 3. The fraction of sp³-hybridized carbons (Fsp3) is 0.0769. The van der Waals surface area contributed by atoms with Crippen LogP contribution in [0.2, 0.25) is 0 Å². The molecule has 0 spiro atoms. The minimum absolute atomic E-state index is 0.0427. The Kier molecular flexibility index (Phi) is 3.80. The van der Waals surface area contributed by atoms with Gasteiger partial charge in [-0.05, 0) is 40.2 Å². The van der Waals surface area contributed by atoms with Gasteiger partial charge in [-0.3, -0.25) is 0 Å². The number of carboxylic acids is 1. The predicted octanol–water partition coefficient (Wildman–Crippen LogP) is 3.45. The molecule has 0 amide bonds. The first-order valence-electron chi connectivity index (χ1n) is 5.37. The van der Waals surface area contributed by atoms with Gasteiger partial charge in [-0.15, -0.1) is 0 Å². The molecule has 0 unspecified atom stereocenters. The molecule has 0 aliphatic carbocycles. The monoisotopic (exact) mass is 324 g/mol. The Hall–Kier alpha value is -1.95. The minimum Gasteiger partial charge on any atom is -0.478 e. The highest BCUT2D eigenvalue weighted by Gasteiger charge is 2.17. The summed E-state index contributed by atoms with van der Waals surface area (Å²) in [6.45, 7) is 0. The summed E-state index contributed by atoms with van der Waals surface area (Å²) in [6, 6.07) is 7.33. The van der Waals surface area contributed by atoms with Crippen LogP contribution in [0.15, 0.2) is 41.0 Å². The van der Waals surface area contributed by atoms with Crippen molar-refractivity contribution in [1.29, 1.82) is 0 Å². The highest BCUT2D eigenvalue weighted by atomic mass is 79.9. The van der Waals surface area contributed by atoms with E-state index in [2.05, 4.69) is 20.9 Å². The molecule has 0 saturated heterocycles. The van der Waals surface area contributed by atoms with Crippen LogP contribution in [0.4, 0.5) is 15.9 Å². The molecule has 2 rings (SSSR count). The van der Waals surface area contributed by atoms with Crippen LogP contribution in [0.3, 0.4) is 0 Å². The quantitative estimate of drug-likeness (QED) is 0.939. The van der Waals surface area contributed by atoms with E-state index in [1.807, 2.05) is 0 Å². The number of hydrogen-bond donors (Lipinski definition) is 1. The molecule has 19 heavy (non-hydrogen) atoms.